The van der Waals surface area contributed by atoms with Crippen molar-refractivity contribution in [3.05, 3.63) is 0 Å². The minimum Gasteiger partial charge on any atom is -0.481 e. The quantitative estimate of drug-likeness (QED) is 0.750. The zero-order chi connectivity index (χ0) is 13.3. The minimum absolute atomic E-state index is 0.0233. The summed E-state index contributed by atoms with van der Waals surface area (Å²) in [7, 11) is 0. The fourth-order valence-corrected chi connectivity index (χ4v) is 2.03. The van der Waals surface area contributed by atoms with Gasteiger partial charge in [0.15, 0.2) is 0 Å². The second-order valence-corrected chi connectivity index (χ2v) is 5.59. The summed E-state index contributed by atoms with van der Waals surface area (Å²) in [5, 5.41) is 18.9. The van der Waals surface area contributed by atoms with Crippen molar-refractivity contribution >= 4 is 11.9 Å². The van der Waals surface area contributed by atoms with Crippen LogP contribution in [0.15, 0.2) is 0 Å². The van der Waals surface area contributed by atoms with Crippen LogP contribution < -0.4 is 0 Å². The molecule has 0 atom stereocenters. The molecule has 2 N–H and O–H groups in total. The van der Waals surface area contributed by atoms with Crippen molar-refractivity contribution in [2.75, 3.05) is 13.1 Å². The van der Waals surface area contributed by atoms with Crippen LogP contribution in [0.4, 0.5) is 0 Å². The van der Waals surface area contributed by atoms with Gasteiger partial charge < -0.3 is 15.1 Å². The van der Waals surface area contributed by atoms with Crippen molar-refractivity contribution in [1.82, 2.24) is 4.90 Å². The lowest BCUT2D eigenvalue weighted by atomic mass is 9.85. The molecule has 5 nitrogen and oxygen atoms in total. The Morgan fingerprint density at radius 3 is 2.29 bits per heavy atom. The molecule has 0 bridgehead atoms. The van der Waals surface area contributed by atoms with Crippen molar-refractivity contribution < 1.29 is 19.8 Å². The minimum atomic E-state index is -1.05. The third-order valence-electron chi connectivity index (χ3n) is 3.21. The lowest BCUT2D eigenvalue weighted by Crippen LogP contribution is -2.63. The van der Waals surface area contributed by atoms with Crippen molar-refractivity contribution in [3.63, 3.8) is 0 Å². The number of carbonyl (C=O) groups is 2. The molecule has 98 valence electrons. The van der Waals surface area contributed by atoms with Gasteiger partial charge in [0.1, 0.15) is 0 Å². The molecule has 0 spiro atoms. The van der Waals surface area contributed by atoms with Crippen LogP contribution in [-0.2, 0) is 9.59 Å². The Bertz CT molecular complexity index is 318. The third kappa shape index (κ3) is 3.19. The van der Waals surface area contributed by atoms with Gasteiger partial charge in [0.25, 0.3) is 0 Å². The maximum atomic E-state index is 11.8. The first-order valence-corrected chi connectivity index (χ1v) is 5.94. The molecule has 0 aliphatic carbocycles. The number of carboxylic acids is 1. The zero-order valence-electron chi connectivity index (χ0n) is 10.7. The number of β-amino-alcohol motifs (C(OH)–C–C–N with tert-alkyl or cyclic N) is 1. The van der Waals surface area contributed by atoms with E-state index in [1.165, 1.54) is 18.7 Å². The molecule has 1 heterocycles. The van der Waals surface area contributed by atoms with Gasteiger partial charge in [0.2, 0.25) is 5.91 Å². The lowest BCUT2D eigenvalue weighted by molar-refractivity contribution is -0.163. The lowest BCUT2D eigenvalue weighted by Gasteiger charge is -2.47. The van der Waals surface area contributed by atoms with Crippen molar-refractivity contribution in [3.8, 4) is 0 Å². The summed E-state index contributed by atoms with van der Waals surface area (Å²) in [5.74, 6) is -1.17. The number of amides is 1. The predicted molar refractivity (Wildman–Crippen MR) is 62.5 cm³/mol. The van der Waals surface area contributed by atoms with E-state index in [1.54, 1.807) is 0 Å². The van der Waals surface area contributed by atoms with Crippen molar-refractivity contribution in [1.29, 1.82) is 0 Å². The highest BCUT2D eigenvalue weighted by Crippen LogP contribution is 2.29. The topological polar surface area (TPSA) is 77.8 Å². The van der Waals surface area contributed by atoms with E-state index in [9.17, 15) is 14.7 Å². The summed E-state index contributed by atoms with van der Waals surface area (Å²) in [6.45, 7) is 5.71. The number of carboxylic acid groups (broad SMARTS) is 1. The van der Waals surface area contributed by atoms with Gasteiger partial charge in [-0.3, -0.25) is 9.59 Å². The van der Waals surface area contributed by atoms with Gasteiger partial charge in [-0.2, -0.15) is 0 Å². The number of likely N-dealkylation sites (tertiary alicyclic amines) is 1. The number of hydrogen-bond donors (Lipinski definition) is 2. The van der Waals surface area contributed by atoms with Crippen LogP contribution in [0.25, 0.3) is 0 Å². The number of aliphatic carboxylic acids is 1. The molecule has 1 rings (SSSR count). The van der Waals surface area contributed by atoms with Crippen molar-refractivity contribution in [2.45, 2.75) is 45.6 Å². The van der Waals surface area contributed by atoms with E-state index in [0.717, 1.165) is 6.42 Å². The summed E-state index contributed by atoms with van der Waals surface area (Å²) in [4.78, 5) is 24.2. The van der Waals surface area contributed by atoms with E-state index >= 15 is 0 Å². The van der Waals surface area contributed by atoms with Crippen LogP contribution in [0.2, 0.25) is 0 Å². The average molecular weight is 243 g/mol. The van der Waals surface area contributed by atoms with E-state index in [0.29, 0.717) is 19.5 Å². The highest BCUT2D eigenvalue weighted by Gasteiger charge is 2.44. The standard InChI is InChI=1S/C12H21NO4/c1-4-5-12(17)7-13(8-12)9(14)6-11(2,3)10(15)16/h17H,4-8H2,1-3H3,(H,15,16). The van der Waals surface area contributed by atoms with Gasteiger partial charge in [0, 0.05) is 6.42 Å². The average Bonchev–Trinajstić information content (AvgIpc) is 2.13. The molecule has 5 heteroatoms. The Kier molecular flexibility index (Phi) is 3.81. The Morgan fingerprint density at radius 1 is 1.35 bits per heavy atom. The Balaban J connectivity index is 2.45. The Hall–Kier alpha value is -1.10. The summed E-state index contributed by atoms with van der Waals surface area (Å²) >= 11 is 0. The van der Waals surface area contributed by atoms with Crippen LogP contribution in [0, 0.1) is 5.41 Å². The first-order valence-electron chi connectivity index (χ1n) is 5.94. The number of hydrogen-bond acceptors (Lipinski definition) is 3. The maximum Gasteiger partial charge on any atom is 0.309 e. The molecule has 0 unspecified atom stereocenters. The molecule has 0 aromatic carbocycles. The van der Waals surface area contributed by atoms with Gasteiger partial charge in [-0.25, -0.2) is 0 Å². The van der Waals surface area contributed by atoms with Crippen molar-refractivity contribution in [2.24, 2.45) is 5.41 Å². The summed E-state index contributed by atoms with van der Waals surface area (Å²) in [6, 6.07) is 0. The highest BCUT2D eigenvalue weighted by molar-refractivity contribution is 5.85. The molecule has 0 saturated carbocycles. The summed E-state index contributed by atoms with van der Waals surface area (Å²) < 4.78 is 0. The van der Waals surface area contributed by atoms with Crippen LogP contribution in [0.1, 0.15) is 40.0 Å². The van der Waals surface area contributed by atoms with E-state index in [-0.39, 0.29) is 12.3 Å². The number of rotatable bonds is 5. The first kappa shape index (κ1) is 14.0. The SMILES string of the molecule is CCCC1(O)CN(C(=O)CC(C)(C)C(=O)O)C1. The van der Waals surface area contributed by atoms with Gasteiger partial charge in [-0.05, 0) is 20.3 Å². The Morgan fingerprint density at radius 2 is 1.88 bits per heavy atom. The molecule has 0 radical (unpaired) electrons. The van der Waals surface area contributed by atoms with Crippen LogP contribution in [0.5, 0.6) is 0 Å². The maximum absolute atomic E-state index is 11.8. The van der Waals surface area contributed by atoms with Crippen LogP contribution >= 0.6 is 0 Å². The molecule has 1 saturated heterocycles. The van der Waals surface area contributed by atoms with Gasteiger partial charge in [-0.1, -0.05) is 13.3 Å². The second kappa shape index (κ2) is 4.64. The molecule has 1 aliphatic rings. The van der Waals surface area contributed by atoms with E-state index in [4.69, 9.17) is 5.11 Å². The molecule has 1 amide bonds. The molecule has 0 aromatic heterocycles. The molecule has 17 heavy (non-hydrogen) atoms. The first-order chi connectivity index (χ1) is 7.70. The highest BCUT2D eigenvalue weighted by atomic mass is 16.4. The molecule has 1 fully saturated rings. The fourth-order valence-electron chi connectivity index (χ4n) is 2.03. The van der Waals surface area contributed by atoms with Crippen LogP contribution in [-0.4, -0.2) is 45.7 Å². The third-order valence-corrected chi connectivity index (χ3v) is 3.21. The number of aliphatic hydroxyl groups is 1. The second-order valence-electron chi connectivity index (χ2n) is 5.59. The van der Waals surface area contributed by atoms with Gasteiger partial charge >= 0.3 is 5.97 Å². The van der Waals surface area contributed by atoms with Gasteiger partial charge in [-0.15, -0.1) is 0 Å². The molecule has 1 aliphatic heterocycles. The molecular formula is C12H21NO4. The summed E-state index contributed by atoms with van der Waals surface area (Å²) in [6.07, 6.45) is 1.53. The number of carbonyl (C=O) groups excluding carboxylic acids is 1. The predicted octanol–water partition coefficient (Wildman–Crippen LogP) is 0.861. The fraction of sp³-hybridized carbons (Fsp3) is 0.833. The smallest absolute Gasteiger partial charge is 0.309 e. The normalized spacial score (nSPS) is 18.7. The van der Waals surface area contributed by atoms with Gasteiger partial charge in [0.05, 0.1) is 24.1 Å². The molecule has 0 aromatic rings. The van der Waals surface area contributed by atoms with E-state index < -0.39 is 17.0 Å². The van der Waals surface area contributed by atoms with Crippen LogP contribution in [0.3, 0.4) is 0 Å². The monoisotopic (exact) mass is 243 g/mol. The zero-order valence-corrected chi connectivity index (χ0v) is 10.7. The Labute approximate surface area is 101 Å². The summed E-state index contributed by atoms with van der Waals surface area (Å²) in [5.41, 5.74) is -1.80. The molecular weight excluding hydrogens is 222 g/mol. The number of nitrogens with zero attached hydrogens (tertiary/aromatic N) is 1. The largest absolute Gasteiger partial charge is 0.481 e. The van der Waals surface area contributed by atoms with E-state index in [2.05, 4.69) is 0 Å². The van der Waals surface area contributed by atoms with E-state index in [1.807, 2.05) is 6.92 Å².